The van der Waals surface area contributed by atoms with Crippen LogP contribution in [0.3, 0.4) is 0 Å². The number of hydrogen-bond acceptors (Lipinski definition) is 2. The normalized spacial score (nSPS) is 11.1. The first kappa shape index (κ1) is 10.4. The third-order valence-electron chi connectivity index (χ3n) is 1.85. The summed E-state index contributed by atoms with van der Waals surface area (Å²) in [5, 5.41) is 1.20. The molecule has 2 aromatic rings. The average molecular weight is 231 g/mol. The van der Waals surface area contributed by atoms with Gasteiger partial charge in [0.1, 0.15) is 12.9 Å². The highest BCUT2D eigenvalue weighted by atomic mass is 32.1. The van der Waals surface area contributed by atoms with E-state index in [0.717, 1.165) is 9.71 Å². The van der Waals surface area contributed by atoms with Gasteiger partial charge < -0.3 is 0 Å². The van der Waals surface area contributed by atoms with Gasteiger partial charge in [0.2, 0.25) is 0 Å². The van der Waals surface area contributed by atoms with Crippen molar-refractivity contribution in [2.45, 2.75) is 19.6 Å². The molecule has 0 unspecified atom stereocenters. The molecule has 0 aliphatic heterocycles. The summed E-state index contributed by atoms with van der Waals surface area (Å²) in [7, 11) is -1.26. The Kier molecular flexibility index (Phi) is 2.64. The zero-order chi connectivity index (χ0) is 10.9. The second kappa shape index (κ2) is 3.80. The number of hydrogen-bond donors (Lipinski definition) is 0. The summed E-state index contributed by atoms with van der Waals surface area (Å²) in [5.74, 6) is 3.26. The highest BCUT2D eigenvalue weighted by Gasteiger charge is 2.08. The van der Waals surface area contributed by atoms with Crippen molar-refractivity contribution in [2.75, 3.05) is 0 Å². The molecule has 0 radical (unpaired) electrons. The van der Waals surface area contributed by atoms with Crippen molar-refractivity contribution in [1.29, 1.82) is 0 Å². The molecule has 0 bridgehead atoms. The van der Waals surface area contributed by atoms with Gasteiger partial charge in [-0.15, -0.1) is 16.9 Å². The van der Waals surface area contributed by atoms with Crippen LogP contribution in [-0.4, -0.2) is 13.1 Å². The van der Waals surface area contributed by atoms with Crippen LogP contribution < -0.4 is 0 Å². The van der Waals surface area contributed by atoms with Gasteiger partial charge in [-0.3, -0.25) is 0 Å². The van der Waals surface area contributed by atoms with E-state index >= 15 is 0 Å². The van der Waals surface area contributed by atoms with E-state index in [2.05, 4.69) is 48.2 Å². The quantitative estimate of drug-likeness (QED) is 0.499. The topological polar surface area (TPSA) is 12.9 Å². The lowest BCUT2D eigenvalue weighted by molar-refractivity contribution is 1.45. The minimum atomic E-state index is -1.26. The van der Waals surface area contributed by atoms with Crippen molar-refractivity contribution < 1.29 is 0 Å². The highest BCUT2D eigenvalue weighted by molar-refractivity contribution is 7.19. The molecule has 0 fully saturated rings. The van der Waals surface area contributed by atoms with Gasteiger partial charge in [0.15, 0.2) is 0 Å². The number of fused-ring (bicyclic) bond motifs is 1. The molecule has 0 N–H and O–H groups in total. The second-order valence-electron chi connectivity index (χ2n) is 4.51. The van der Waals surface area contributed by atoms with Gasteiger partial charge in [-0.2, -0.15) is 0 Å². The van der Waals surface area contributed by atoms with Gasteiger partial charge in [0.25, 0.3) is 0 Å². The third kappa shape index (κ3) is 2.68. The maximum atomic E-state index is 4.31. The molecule has 0 saturated heterocycles. The van der Waals surface area contributed by atoms with Crippen LogP contribution in [0.25, 0.3) is 10.2 Å². The van der Waals surface area contributed by atoms with Gasteiger partial charge in [0.05, 0.1) is 4.88 Å². The summed E-state index contributed by atoms with van der Waals surface area (Å²) in [6.07, 6.45) is 1.83. The lowest BCUT2D eigenvalue weighted by Gasteiger charge is -2.02. The molecule has 0 atom stereocenters. The van der Waals surface area contributed by atoms with E-state index in [9.17, 15) is 0 Å². The van der Waals surface area contributed by atoms with Crippen molar-refractivity contribution in [1.82, 2.24) is 4.98 Å². The molecule has 2 aromatic heterocycles. The smallest absolute Gasteiger partial charge is 0.129 e. The molecule has 0 amide bonds. The SMILES string of the molecule is C[Si](C)(C)C#Cc1cc2cccnc2s1. The molecule has 15 heavy (non-hydrogen) atoms. The van der Waals surface area contributed by atoms with E-state index in [-0.39, 0.29) is 0 Å². The summed E-state index contributed by atoms with van der Waals surface area (Å²) >= 11 is 1.68. The Balaban J connectivity index is 2.41. The molecular formula is C12H13NSSi. The minimum absolute atomic E-state index is 1.08. The predicted molar refractivity (Wildman–Crippen MR) is 69.8 cm³/mol. The molecule has 2 heterocycles. The molecule has 0 aliphatic carbocycles. The van der Waals surface area contributed by atoms with Crippen molar-refractivity contribution >= 4 is 29.6 Å². The van der Waals surface area contributed by atoms with E-state index < -0.39 is 8.07 Å². The van der Waals surface area contributed by atoms with Crippen LogP contribution in [0.1, 0.15) is 4.88 Å². The summed E-state index contributed by atoms with van der Waals surface area (Å²) in [5.41, 5.74) is 3.37. The lowest BCUT2D eigenvalue weighted by atomic mass is 10.3. The van der Waals surface area contributed by atoms with Crippen molar-refractivity contribution in [3.63, 3.8) is 0 Å². The first-order chi connectivity index (χ1) is 7.04. The van der Waals surface area contributed by atoms with Crippen LogP contribution in [0.5, 0.6) is 0 Å². The van der Waals surface area contributed by atoms with E-state index in [1.54, 1.807) is 11.3 Å². The number of nitrogens with zero attached hydrogens (tertiary/aromatic N) is 1. The van der Waals surface area contributed by atoms with E-state index in [1.807, 2.05) is 12.3 Å². The van der Waals surface area contributed by atoms with Crippen LogP contribution in [0.2, 0.25) is 19.6 Å². The molecule has 0 aliphatic rings. The monoisotopic (exact) mass is 231 g/mol. The third-order valence-corrected chi connectivity index (χ3v) is 3.70. The zero-order valence-corrected chi connectivity index (χ0v) is 11.0. The maximum Gasteiger partial charge on any atom is 0.129 e. The average Bonchev–Trinajstić information content (AvgIpc) is 2.56. The summed E-state index contributed by atoms with van der Waals surface area (Å²) in [6.45, 7) is 6.77. The largest absolute Gasteiger partial charge is 0.245 e. The Morgan fingerprint density at radius 1 is 1.33 bits per heavy atom. The molecule has 0 aromatic carbocycles. The number of thiophene rings is 1. The molecule has 0 saturated carbocycles. The highest BCUT2D eigenvalue weighted by Crippen LogP contribution is 2.22. The summed E-state index contributed by atoms with van der Waals surface area (Å²) < 4.78 is 0. The molecule has 0 spiro atoms. The Labute approximate surface area is 95.2 Å². The molecule has 76 valence electrons. The van der Waals surface area contributed by atoms with Gasteiger partial charge >= 0.3 is 0 Å². The number of rotatable bonds is 0. The fraction of sp³-hybridized carbons (Fsp3) is 0.250. The maximum absolute atomic E-state index is 4.31. The molecule has 1 nitrogen and oxygen atoms in total. The van der Waals surface area contributed by atoms with Crippen LogP contribution >= 0.6 is 11.3 Å². The number of aromatic nitrogens is 1. The summed E-state index contributed by atoms with van der Waals surface area (Å²) in [4.78, 5) is 6.52. The Morgan fingerprint density at radius 2 is 2.13 bits per heavy atom. The van der Waals surface area contributed by atoms with Gasteiger partial charge in [-0.25, -0.2) is 4.98 Å². The second-order valence-corrected chi connectivity index (χ2v) is 10.3. The molecule has 2 rings (SSSR count). The van der Waals surface area contributed by atoms with Crippen LogP contribution in [0, 0.1) is 11.5 Å². The predicted octanol–water partition coefficient (Wildman–Crippen LogP) is 3.53. The summed E-state index contributed by atoms with van der Waals surface area (Å²) in [6, 6.07) is 6.17. The van der Waals surface area contributed by atoms with E-state index in [1.165, 1.54) is 5.39 Å². The van der Waals surface area contributed by atoms with Gasteiger partial charge in [-0.05, 0) is 12.1 Å². The Morgan fingerprint density at radius 3 is 2.80 bits per heavy atom. The fourth-order valence-corrected chi connectivity index (χ4v) is 2.64. The minimum Gasteiger partial charge on any atom is -0.245 e. The Hall–Kier alpha value is -1.11. The first-order valence-corrected chi connectivity index (χ1v) is 9.24. The first-order valence-electron chi connectivity index (χ1n) is 4.92. The molecule has 3 heteroatoms. The van der Waals surface area contributed by atoms with Crippen molar-refractivity contribution in [3.8, 4) is 11.5 Å². The zero-order valence-electron chi connectivity index (χ0n) is 9.16. The molecular weight excluding hydrogens is 218 g/mol. The fourth-order valence-electron chi connectivity index (χ4n) is 1.18. The van der Waals surface area contributed by atoms with Crippen molar-refractivity contribution in [2.24, 2.45) is 0 Å². The van der Waals surface area contributed by atoms with Crippen LogP contribution in [0.15, 0.2) is 24.4 Å². The lowest BCUT2D eigenvalue weighted by Crippen LogP contribution is -2.16. The van der Waals surface area contributed by atoms with Gasteiger partial charge in [-0.1, -0.05) is 31.6 Å². The van der Waals surface area contributed by atoms with E-state index in [0.29, 0.717) is 0 Å². The van der Waals surface area contributed by atoms with Crippen molar-refractivity contribution in [3.05, 3.63) is 29.3 Å². The van der Waals surface area contributed by atoms with Crippen LogP contribution in [-0.2, 0) is 0 Å². The van der Waals surface area contributed by atoms with Crippen LogP contribution in [0.4, 0.5) is 0 Å². The van der Waals surface area contributed by atoms with E-state index in [4.69, 9.17) is 0 Å². The standard InChI is InChI=1S/C12H13NSSi/c1-15(2,3)8-6-11-9-10-5-4-7-13-12(10)14-11/h4-5,7,9H,1-3H3. The Bertz CT molecular complexity index is 507. The number of pyridine rings is 1. The van der Waals surface area contributed by atoms with Gasteiger partial charge in [0, 0.05) is 11.6 Å².